The number of piperazine rings is 1. The Balaban J connectivity index is 1.62. The number of nitrogens with zero attached hydrogens (tertiary/aromatic N) is 4. The van der Waals surface area contributed by atoms with Crippen molar-refractivity contribution < 1.29 is 9.59 Å². The van der Waals surface area contributed by atoms with Gasteiger partial charge in [0.25, 0.3) is 0 Å². The Hall–Kier alpha value is -1.80. The zero-order valence-electron chi connectivity index (χ0n) is 15.0. The fourth-order valence-electron chi connectivity index (χ4n) is 3.19. The molecule has 0 saturated carbocycles. The van der Waals surface area contributed by atoms with E-state index in [1.807, 2.05) is 31.9 Å². The maximum atomic E-state index is 12.6. The number of likely N-dealkylation sites (N-methyl/N-ethyl adjacent to an activating group) is 1. The molecule has 1 saturated heterocycles. The average molecular weight is 363 g/mol. The minimum Gasteiger partial charge on any atom is -0.339 e. The number of amides is 3. The van der Waals surface area contributed by atoms with Gasteiger partial charge in [-0.1, -0.05) is 0 Å². The van der Waals surface area contributed by atoms with E-state index in [1.54, 1.807) is 16.7 Å². The number of carbonyl (C=O) groups is 2. The van der Waals surface area contributed by atoms with E-state index < -0.39 is 0 Å². The summed E-state index contributed by atoms with van der Waals surface area (Å²) in [7, 11) is 2.05. The maximum absolute atomic E-state index is 12.6. The number of aromatic nitrogens is 1. The normalized spacial score (nSPS) is 18.0. The van der Waals surface area contributed by atoms with Crippen molar-refractivity contribution in [2.24, 2.45) is 0 Å². The number of fused-ring (bicyclic) bond motifs is 1. The predicted octanol–water partition coefficient (Wildman–Crippen LogP) is 1.09. The molecule has 3 amide bonds. The Morgan fingerprint density at radius 1 is 1.20 bits per heavy atom. The van der Waals surface area contributed by atoms with E-state index >= 15 is 0 Å². The first kappa shape index (κ1) is 18.0. The molecule has 25 heavy (non-hydrogen) atoms. The van der Waals surface area contributed by atoms with Gasteiger partial charge >= 0.3 is 6.03 Å². The van der Waals surface area contributed by atoms with Gasteiger partial charge in [0, 0.05) is 44.2 Å². The standard InChI is InChI=1S/C17H25N5O2S/c1-12-10-13(2)19-16-15(12)22(8-9-25-16)17(24)18-11-14(23)21-6-4-20(3)5-7-21/h10H,4-9,11H2,1-3H3,(H,18,24). The van der Waals surface area contributed by atoms with Crippen molar-refractivity contribution in [2.75, 3.05) is 57.0 Å². The van der Waals surface area contributed by atoms with Crippen LogP contribution in [0.4, 0.5) is 10.5 Å². The van der Waals surface area contributed by atoms with Crippen LogP contribution in [-0.4, -0.2) is 78.8 Å². The molecule has 8 heteroatoms. The second-order valence-electron chi connectivity index (χ2n) is 6.58. The SMILES string of the molecule is Cc1cc(C)c2c(n1)SCCN2C(=O)NCC(=O)N1CCN(C)CC1. The van der Waals surface area contributed by atoms with Crippen molar-refractivity contribution >= 4 is 29.4 Å². The van der Waals surface area contributed by atoms with Crippen molar-refractivity contribution in [3.8, 4) is 0 Å². The van der Waals surface area contributed by atoms with Crippen molar-refractivity contribution in [1.29, 1.82) is 0 Å². The van der Waals surface area contributed by atoms with Gasteiger partial charge in [-0.2, -0.15) is 0 Å². The maximum Gasteiger partial charge on any atom is 0.322 e. The molecule has 2 aliphatic heterocycles. The summed E-state index contributed by atoms with van der Waals surface area (Å²) in [5.74, 6) is 0.787. The third kappa shape index (κ3) is 4.07. The van der Waals surface area contributed by atoms with Gasteiger partial charge in [-0.05, 0) is 32.5 Å². The third-order valence-corrected chi connectivity index (χ3v) is 5.54. The van der Waals surface area contributed by atoms with Gasteiger partial charge in [0.15, 0.2) is 0 Å². The van der Waals surface area contributed by atoms with E-state index in [-0.39, 0.29) is 18.5 Å². The largest absolute Gasteiger partial charge is 0.339 e. The number of carbonyl (C=O) groups excluding carboxylic acids is 2. The van der Waals surface area contributed by atoms with Crippen LogP contribution < -0.4 is 10.2 Å². The van der Waals surface area contributed by atoms with E-state index in [4.69, 9.17) is 0 Å². The lowest BCUT2D eigenvalue weighted by Gasteiger charge is -2.33. The van der Waals surface area contributed by atoms with Gasteiger partial charge in [-0.15, -0.1) is 11.8 Å². The Labute approximate surface area is 152 Å². The van der Waals surface area contributed by atoms with Gasteiger partial charge in [0.1, 0.15) is 5.03 Å². The van der Waals surface area contributed by atoms with Crippen molar-refractivity contribution in [1.82, 2.24) is 20.1 Å². The number of hydrogen-bond donors (Lipinski definition) is 1. The zero-order chi connectivity index (χ0) is 18.0. The van der Waals surface area contributed by atoms with E-state index in [1.165, 1.54) is 0 Å². The fourth-order valence-corrected chi connectivity index (χ4v) is 4.27. The molecule has 1 aromatic rings. The average Bonchev–Trinajstić information content (AvgIpc) is 2.59. The summed E-state index contributed by atoms with van der Waals surface area (Å²) in [6, 6.07) is 1.76. The van der Waals surface area contributed by atoms with Crippen LogP contribution in [0.25, 0.3) is 0 Å². The summed E-state index contributed by atoms with van der Waals surface area (Å²) in [5.41, 5.74) is 2.86. The predicted molar refractivity (Wildman–Crippen MR) is 99.3 cm³/mol. The summed E-state index contributed by atoms with van der Waals surface area (Å²) in [6.07, 6.45) is 0. The van der Waals surface area contributed by atoms with E-state index in [2.05, 4.69) is 15.2 Å². The number of aryl methyl sites for hydroxylation is 2. The lowest BCUT2D eigenvalue weighted by Crippen LogP contribution is -2.51. The van der Waals surface area contributed by atoms with Crippen LogP contribution >= 0.6 is 11.8 Å². The van der Waals surface area contributed by atoms with Crippen LogP contribution in [-0.2, 0) is 4.79 Å². The molecule has 7 nitrogen and oxygen atoms in total. The highest BCUT2D eigenvalue weighted by atomic mass is 32.2. The number of hydrogen-bond acceptors (Lipinski definition) is 5. The molecule has 3 rings (SSSR count). The zero-order valence-corrected chi connectivity index (χ0v) is 15.9. The molecule has 1 aromatic heterocycles. The third-order valence-electron chi connectivity index (χ3n) is 4.59. The van der Waals surface area contributed by atoms with Gasteiger partial charge in [-0.25, -0.2) is 9.78 Å². The molecular weight excluding hydrogens is 338 g/mol. The lowest BCUT2D eigenvalue weighted by molar-refractivity contribution is -0.131. The molecule has 0 unspecified atom stereocenters. The van der Waals surface area contributed by atoms with E-state index in [9.17, 15) is 9.59 Å². The molecule has 0 aromatic carbocycles. The summed E-state index contributed by atoms with van der Waals surface area (Å²) in [4.78, 5) is 35.2. The number of pyridine rings is 1. The van der Waals surface area contributed by atoms with Crippen LogP contribution in [0.5, 0.6) is 0 Å². The first-order chi connectivity index (χ1) is 12.0. The quantitative estimate of drug-likeness (QED) is 0.852. The first-order valence-electron chi connectivity index (χ1n) is 8.58. The first-order valence-corrected chi connectivity index (χ1v) is 9.57. The summed E-state index contributed by atoms with van der Waals surface area (Å²) >= 11 is 1.67. The van der Waals surface area contributed by atoms with Crippen molar-refractivity contribution in [2.45, 2.75) is 18.9 Å². The number of thioether (sulfide) groups is 1. The van der Waals surface area contributed by atoms with E-state index in [0.717, 1.165) is 53.9 Å². The second kappa shape index (κ2) is 7.61. The molecular formula is C17H25N5O2S. The summed E-state index contributed by atoms with van der Waals surface area (Å²) < 4.78 is 0. The minimum absolute atomic E-state index is 0.0215. The van der Waals surface area contributed by atoms with Crippen molar-refractivity contribution in [3.63, 3.8) is 0 Å². The number of anilines is 1. The van der Waals surface area contributed by atoms with Crippen LogP contribution in [0.3, 0.4) is 0 Å². The Kier molecular flexibility index (Phi) is 5.48. The Bertz CT molecular complexity index is 673. The van der Waals surface area contributed by atoms with E-state index in [0.29, 0.717) is 6.54 Å². The molecule has 2 aliphatic rings. The lowest BCUT2D eigenvalue weighted by atomic mass is 10.2. The van der Waals surface area contributed by atoms with Crippen LogP contribution in [0, 0.1) is 13.8 Å². The highest BCUT2D eigenvalue weighted by Gasteiger charge is 2.27. The fraction of sp³-hybridized carbons (Fsp3) is 0.588. The molecule has 0 aliphatic carbocycles. The van der Waals surface area contributed by atoms with Gasteiger partial charge < -0.3 is 15.1 Å². The van der Waals surface area contributed by atoms with Gasteiger partial charge in [0.2, 0.25) is 5.91 Å². The number of nitrogens with one attached hydrogen (secondary N) is 1. The molecule has 1 N–H and O–H groups in total. The smallest absolute Gasteiger partial charge is 0.322 e. The van der Waals surface area contributed by atoms with Crippen LogP contribution in [0.2, 0.25) is 0 Å². The second-order valence-corrected chi connectivity index (χ2v) is 7.66. The molecule has 0 bridgehead atoms. The molecule has 0 atom stereocenters. The monoisotopic (exact) mass is 363 g/mol. The van der Waals surface area contributed by atoms with Crippen LogP contribution in [0.15, 0.2) is 11.1 Å². The molecule has 0 radical (unpaired) electrons. The highest BCUT2D eigenvalue weighted by molar-refractivity contribution is 7.99. The summed E-state index contributed by atoms with van der Waals surface area (Å²) in [6.45, 7) is 7.81. The molecule has 3 heterocycles. The Morgan fingerprint density at radius 3 is 2.64 bits per heavy atom. The number of urea groups is 1. The summed E-state index contributed by atoms with van der Waals surface area (Å²) in [5, 5.41) is 3.68. The topological polar surface area (TPSA) is 68.8 Å². The minimum atomic E-state index is -0.224. The highest BCUT2D eigenvalue weighted by Crippen LogP contribution is 2.36. The van der Waals surface area contributed by atoms with Crippen molar-refractivity contribution in [3.05, 3.63) is 17.3 Å². The van der Waals surface area contributed by atoms with Crippen LogP contribution in [0.1, 0.15) is 11.3 Å². The van der Waals surface area contributed by atoms with Gasteiger partial charge in [0.05, 0.1) is 12.2 Å². The Morgan fingerprint density at radius 2 is 1.92 bits per heavy atom. The molecule has 0 spiro atoms. The number of rotatable bonds is 2. The molecule has 136 valence electrons. The van der Waals surface area contributed by atoms with Gasteiger partial charge in [-0.3, -0.25) is 9.69 Å². The molecule has 1 fully saturated rings.